The summed E-state index contributed by atoms with van der Waals surface area (Å²) in [5.41, 5.74) is 3.48. The average molecular weight is 338 g/mol. The second kappa shape index (κ2) is 6.13. The summed E-state index contributed by atoms with van der Waals surface area (Å²) in [6, 6.07) is 7.06. The number of benzene rings is 2. The van der Waals surface area contributed by atoms with Crippen molar-refractivity contribution in [1.29, 1.82) is 0 Å². The summed E-state index contributed by atoms with van der Waals surface area (Å²) >= 11 is 0. The SMILES string of the molecule is O=C1OCc2cc(CO)c(C#CCO)c(-c3ccc4c(c3)OCO4)c21. The lowest BCUT2D eigenvalue weighted by Gasteiger charge is -2.14. The fourth-order valence-electron chi connectivity index (χ4n) is 3.10. The van der Waals surface area contributed by atoms with E-state index in [-0.39, 0.29) is 26.6 Å². The average Bonchev–Trinajstić information content (AvgIpc) is 3.24. The van der Waals surface area contributed by atoms with Crippen molar-refractivity contribution in [2.75, 3.05) is 13.4 Å². The summed E-state index contributed by atoms with van der Waals surface area (Å²) in [6.07, 6.45) is 0. The first-order valence-corrected chi connectivity index (χ1v) is 7.69. The van der Waals surface area contributed by atoms with Crippen LogP contribution < -0.4 is 9.47 Å². The van der Waals surface area contributed by atoms with Crippen LogP contribution in [-0.2, 0) is 18.0 Å². The summed E-state index contributed by atoms with van der Waals surface area (Å²) in [5, 5.41) is 18.8. The molecular formula is C19H14O6. The molecule has 2 aliphatic heterocycles. The Kier molecular flexibility index (Phi) is 3.80. The highest BCUT2D eigenvalue weighted by Crippen LogP contribution is 2.41. The van der Waals surface area contributed by atoms with Crippen LogP contribution in [0.25, 0.3) is 11.1 Å². The molecule has 0 atom stereocenters. The molecule has 0 fully saturated rings. The molecule has 6 nitrogen and oxygen atoms in total. The lowest BCUT2D eigenvalue weighted by molar-refractivity contribution is 0.0535. The van der Waals surface area contributed by atoms with Gasteiger partial charge in [0.2, 0.25) is 6.79 Å². The Morgan fingerprint density at radius 1 is 1.04 bits per heavy atom. The number of carbonyl (C=O) groups is 1. The zero-order valence-electron chi connectivity index (χ0n) is 13.2. The van der Waals surface area contributed by atoms with E-state index in [0.717, 1.165) is 0 Å². The molecule has 0 saturated heterocycles. The predicted octanol–water partition coefficient (Wildman–Crippen LogP) is 1.59. The molecule has 0 amide bonds. The van der Waals surface area contributed by atoms with Crippen molar-refractivity contribution in [3.63, 3.8) is 0 Å². The molecule has 4 rings (SSSR count). The van der Waals surface area contributed by atoms with E-state index in [1.54, 1.807) is 24.3 Å². The van der Waals surface area contributed by atoms with Crippen LogP contribution in [0.5, 0.6) is 11.5 Å². The fraction of sp³-hybridized carbons (Fsp3) is 0.211. The van der Waals surface area contributed by atoms with Crippen molar-refractivity contribution in [2.45, 2.75) is 13.2 Å². The predicted molar refractivity (Wildman–Crippen MR) is 87.0 cm³/mol. The molecular weight excluding hydrogens is 324 g/mol. The van der Waals surface area contributed by atoms with Crippen LogP contribution in [0.4, 0.5) is 0 Å². The number of aliphatic hydroxyl groups excluding tert-OH is 2. The van der Waals surface area contributed by atoms with Crippen molar-refractivity contribution in [3.8, 4) is 34.5 Å². The van der Waals surface area contributed by atoms with E-state index >= 15 is 0 Å². The molecule has 6 heteroatoms. The van der Waals surface area contributed by atoms with E-state index in [2.05, 4.69) is 11.8 Å². The van der Waals surface area contributed by atoms with Crippen LogP contribution in [0.2, 0.25) is 0 Å². The Morgan fingerprint density at radius 2 is 1.88 bits per heavy atom. The normalized spacial score (nSPS) is 13.9. The van der Waals surface area contributed by atoms with Gasteiger partial charge in [-0.05, 0) is 29.3 Å². The van der Waals surface area contributed by atoms with Crippen molar-refractivity contribution in [1.82, 2.24) is 0 Å². The Hall–Kier alpha value is -3.01. The van der Waals surface area contributed by atoms with Crippen LogP contribution in [0.15, 0.2) is 24.3 Å². The first-order valence-electron chi connectivity index (χ1n) is 7.69. The van der Waals surface area contributed by atoms with Crippen molar-refractivity contribution in [3.05, 3.63) is 46.5 Å². The second-order valence-corrected chi connectivity index (χ2v) is 5.58. The molecule has 25 heavy (non-hydrogen) atoms. The Labute approximate surface area is 143 Å². The minimum atomic E-state index is -0.431. The van der Waals surface area contributed by atoms with Gasteiger partial charge in [0.15, 0.2) is 11.5 Å². The molecule has 0 saturated carbocycles. The highest BCUT2D eigenvalue weighted by Gasteiger charge is 2.30. The fourth-order valence-corrected chi connectivity index (χ4v) is 3.10. The van der Waals surface area contributed by atoms with E-state index in [4.69, 9.17) is 19.3 Å². The van der Waals surface area contributed by atoms with Crippen molar-refractivity contribution in [2.24, 2.45) is 0 Å². The number of esters is 1. The van der Waals surface area contributed by atoms with E-state index in [0.29, 0.717) is 44.9 Å². The molecule has 0 aliphatic carbocycles. The zero-order valence-corrected chi connectivity index (χ0v) is 13.2. The summed E-state index contributed by atoms with van der Waals surface area (Å²) in [6.45, 7) is -0.263. The number of carbonyl (C=O) groups excluding carboxylic acids is 1. The van der Waals surface area contributed by atoms with Crippen LogP contribution in [0, 0.1) is 11.8 Å². The lowest BCUT2D eigenvalue weighted by Crippen LogP contribution is -2.04. The second-order valence-electron chi connectivity index (χ2n) is 5.58. The van der Waals surface area contributed by atoms with Crippen LogP contribution in [-0.4, -0.2) is 29.6 Å². The number of cyclic esters (lactones) is 1. The molecule has 0 aromatic heterocycles. The number of fused-ring (bicyclic) bond motifs is 2. The lowest BCUT2D eigenvalue weighted by atomic mass is 9.88. The Balaban J connectivity index is 2.02. The van der Waals surface area contributed by atoms with Gasteiger partial charge in [-0.1, -0.05) is 17.9 Å². The molecule has 0 spiro atoms. The topological polar surface area (TPSA) is 85.2 Å². The van der Waals surface area contributed by atoms with Gasteiger partial charge >= 0.3 is 5.97 Å². The number of rotatable bonds is 2. The number of hydrogen-bond donors (Lipinski definition) is 2. The van der Waals surface area contributed by atoms with Crippen LogP contribution >= 0.6 is 0 Å². The van der Waals surface area contributed by atoms with E-state index in [1.807, 2.05) is 0 Å². The minimum Gasteiger partial charge on any atom is -0.457 e. The molecule has 0 unspecified atom stereocenters. The van der Waals surface area contributed by atoms with Gasteiger partial charge in [-0.15, -0.1) is 0 Å². The van der Waals surface area contributed by atoms with Gasteiger partial charge in [0.1, 0.15) is 13.2 Å². The highest BCUT2D eigenvalue weighted by molar-refractivity contribution is 6.02. The monoisotopic (exact) mass is 338 g/mol. The molecule has 2 N–H and O–H groups in total. The number of ether oxygens (including phenoxy) is 3. The molecule has 2 aromatic carbocycles. The Morgan fingerprint density at radius 3 is 2.68 bits per heavy atom. The van der Waals surface area contributed by atoms with Crippen LogP contribution in [0.3, 0.4) is 0 Å². The van der Waals surface area contributed by atoms with Gasteiger partial charge in [-0.25, -0.2) is 4.79 Å². The summed E-state index contributed by atoms with van der Waals surface area (Å²) in [4.78, 5) is 12.3. The largest absolute Gasteiger partial charge is 0.457 e. The first kappa shape index (κ1) is 15.5. The maximum Gasteiger partial charge on any atom is 0.339 e. The van der Waals surface area contributed by atoms with E-state index < -0.39 is 5.97 Å². The quantitative estimate of drug-likeness (QED) is 0.639. The van der Waals surface area contributed by atoms with Gasteiger partial charge in [0.25, 0.3) is 0 Å². The zero-order chi connectivity index (χ0) is 17.4. The molecule has 0 bridgehead atoms. The molecule has 2 heterocycles. The summed E-state index contributed by atoms with van der Waals surface area (Å²) in [7, 11) is 0. The Bertz CT molecular complexity index is 935. The summed E-state index contributed by atoms with van der Waals surface area (Å²) < 4.78 is 15.9. The highest BCUT2D eigenvalue weighted by atomic mass is 16.7. The number of hydrogen-bond acceptors (Lipinski definition) is 6. The molecule has 2 aliphatic rings. The molecule has 126 valence electrons. The van der Waals surface area contributed by atoms with E-state index in [1.165, 1.54) is 0 Å². The molecule has 2 aromatic rings. The standard InChI is InChI=1S/C19H14O6/c20-5-1-2-14-12(8-21)6-13-9-23-19(22)18(13)17(14)11-3-4-15-16(7-11)25-10-24-15/h3-4,6-7,20-21H,5,8-10H2. The van der Waals surface area contributed by atoms with Gasteiger partial charge < -0.3 is 24.4 Å². The maximum absolute atomic E-state index is 12.3. The van der Waals surface area contributed by atoms with Gasteiger partial charge in [0, 0.05) is 16.7 Å². The van der Waals surface area contributed by atoms with Gasteiger partial charge in [-0.3, -0.25) is 0 Å². The molecule has 0 radical (unpaired) electrons. The van der Waals surface area contributed by atoms with Gasteiger partial charge in [0.05, 0.1) is 12.2 Å². The number of aliphatic hydroxyl groups is 2. The first-order chi connectivity index (χ1) is 12.2. The smallest absolute Gasteiger partial charge is 0.339 e. The summed E-state index contributed by atoms with van der Waals surface area (Å²) in [5.74, 6) is 6.23. The van der Waals surface area contributed by atoms with Crippen LogP contribution in [0.1, 0.15) is 27.0 Å². The van der Waals surface area contributed by atoms with E-state index in [9.17, 15) is 9.90 Å². The maximum atomic E-state index is 12.3. The minimum absolute atomic E-state index is 0.146. The third-order valence-electron chi connectivity index (χ3n) is 4.18. The van der Waals surface area contributed by atoms with Gasteiger partial charge in [-0.2, -0.15) is 0 Å². The van der Waals surface area contributed by atoms with Crippen molar-refractivity contribution < 1.29 is 29.2 Å². The third-order valence-corrected chi connectivity index (χ3v) is 4.18. The van der Waals surface area contributed by atoms with Crippen molar-refractivity contribution >= 4 is 5.97 Å². The third kappa shape index (κ3) is 2.50.